The molecular weight excluding hydrogens is 342 g/mol. The van der Waals surface area contributed by atoms with Gasteiger partial charge in [-0.3, -0.25) is 14.6 Å². The second kappa shape index (κ2) is 6.16. The third-order valence-corrected chi connectivity index (χ3v) is 6.83. The molecule has 2 amide bonds. The molecule has 4 aliphatic rings. The summed E-state index contributed by atoms with van der Waals surface area (Å²) in [5, 5.41) is 0. The number of likely N-dealkylation sites (tertiary alicyclic amines) is 2. The molecule has 3 fully saturated rings. The van der Waals surface area contributed by atoms with Crippen molar-refractivity contribution in [2.24, 2.45) is 11.8 Å². The number of nitrogens with zero attached hydrogens (tertiary/aromatic N) is 3. The molecule has 4 aliphatic heterocycles. The Labute approximate surface area is 159 Å². The van der Waals surface area contributed by atoms with E-state index in [1.807, 2.05) is 41.3 Å². The molecule has 0 radical (unpaired) electrons. The lowest BCUT2D eigenvalue weighted by atomic mass is 9.76. The zero-order valence-corrected chi connectivity index (χ0v) is 15.6. The number of piperidine rings is 1. The standard InChI is InChI=1S/C21H25N3O3/c1-2-23-13-21-8-3-16(27-21)17(18(21)20(23)26)19(25)24-11-6-15(7-12-24)14-4-9-22-10-5-14/h3-5,8-10,15-18H,2,6-7,11-13H2,1H3/t16-,17+,18-,21-/m1/s1. The molecule has 6 heteroatoms. The molecule has 0 N–H and O–H groups in total. The fourth-order valence-electron chi connectivity index (χ4n) is 5.41. The van der Waals surface area contributed by atoms with Gasteiger partial charge >= 0.3 is 0 Å². The number of likely N-dealkylation sites (N-methyl/N-ethyl adjacent to an activating group) is 1. The van der Waals surface area contributed by atoms with Crippen molar-refractivity contribution in [3.8, 4) is 0 Å². The summed E-state index contributed by atoms with van der Waals surface area (Å²) < 4.78 is 6.17. The summed E-state index contributed by atoms with van der Waals surface area (Å²) in [5.74, 6) is -0.0669. The molecule has 0 aromatic carbocycles. The highest BCUT2D eigenvalue weighted by Crippen LogP contribution is 2.52. The average Bonchev–Trinajstić information content (AvgIpc) is 3.36. The molecule has 3 saturated heterocycles. The highest BCUT2D eigenvalue weighted by atomic mass is 16.5. The first kappa shape index (κ1) is 16.9. The molecule has 0 aliphatic carbocycles. The number of carbonyl (C=O) groups excluding carboxylic acids is 2. The van der Waals surface area contributed by atoms with E-state index in [9.17, 15) is 9.59 Å². The molecule has 0 unspecified atom stereocenters. The number of carbonyl (C=O) groups is 2. The Hall–Kier alpha value is -2.21. The SMILES string of the molecule is CCN1C[C@@]23C=C[C@@H](O2)[C@H](C(=O)N2CCC(c4ccncc4)CC2)[C@@H]3C1=O. The lowest BCUT2D eigenvalue weighted by Crippen LogP contribution is -2.48. The molecular formula is C21H25N3O3. The summed E-state index contributed by atoms with van der Waals surface area (Å²) in [7, 11) is 0. The van der Waals surface area contributed by atoms with E-state index >= 15 is 0 Å². The third kappa shape index (κ3) is 2.46. The summed E-state index contributed by atoms with van der Waals surface area (Å²) in [6.07, 6.45) is 9.34. The molecule has 4 atom stereocenters. The van der Waals surface area contributed by atoms with Crippen LogP contribution < -0.4 is 0 Å². The lowest BCUT2D eigenvalue weighted by Gasteiger charge is -2.35. The Bertz CT molecular complexity index is 787. The Morgan fingerprint density at radius 3 is 2.74 bits per heavy atom. The van der Waals surface area contributed by atoms with Gasteiger partial charge in [0.05, 0.1) is 24.5 Å². The van der Waals surface area contributed by atoms with Crippen LogP contribution in [0.2, 0.25) is 0 Å². The molecule has 2 bridgehead atoms. The fourth-order valence-corrected chi connectivity index (χ4v) is 5.41. The van der Waals surface area contributed by atoms with Crippen molar-refractivity contribution in [1.82, 2.24) is 14.8 Å². The molecule has 1 aromatic heterocycles. The van der Waals surface area contributed by atoms with Crippen molar-refractivity contribution in [3.63, 3.8) is 0 Å². The summed E-state index contributed by atoms with van der Waals surface area (Å²) in [6.45, 7) is 4.70. The average molecular weight is 367 g/mol. The minimum atomic E-state index is -0.576. The van der Waals surface area contributed by atoms with E-state index in [0.717, 1.165) is 25.9 Å². The number of ether oxygens (including phenoxy) is 1. The topological polar surface area (TPSA) is 62.7 Å². The van der Waals surface area contributed by atoms with Crippen LogP contribution in [0.15, 0.2) is 36.7 Å². The summed E-state index contributed by atoms with van der Waals surface area (Å²) in [5.41, 5.74) is 0.722. The van der Waals surface area contributed by atoms with E-state index in [0.29, 0.717) is 19.0 Å². The maximum Gasteiger partial charge on any atom is 0.230 e. The van der Waals surface area contributed by atoms with Gasteiger partial charge in [0.25, 0.3) is 0 Å². The number of hydrogen-bond acceptors (Lipinski definition) is 4. The van der Waals surface area contributed by atoms with Crippen LogP contribution in [0, 0.1) is 11.8 Å². The summed E-state index contributed by atoms with van der Waals surface area (Å²) in [4.78, 5) is 34.1. The van der Waals surface area contributed by atoms with Gasteiger partial charge in [-0.2, -0.15) is 0 Å². The quantitative estimate of drug-likeness (QED) is 0.761. The lowest BCUT2D eigenvalue weighted by molar-refractivity contribution is -0.144. The fraction of sp³-hybridized carbons (Fsp3) is 0.571. The van der Waals surface area contributed by atoms with Crippen LogP contribution in [0.1, 0.15) is 31.2 Å². The number of hydrogen-bond donors (Lipinski definition) is 0. The monoisotopic (exact) mass is 367 g/mol. The van der Waals surface area contributed by atoms with Crippen LogP contribution in [0.5, 0.6) is 0 Å². The maximum absolute atomic E-state index is 13.3. The second-order valence-electron chi connectivity index (χ2n) is 8.13. The second-order valence-corrected chi connectivity index (χ2v) is 8.13. The number of pyridine rings is 1. The third-order valence-electron chi connectivity index (χ3n) is 6.83. The smallest absolute Gasteiger partial charge is 0.230 e. The molecule has 142 valence electrons. The van der Waals surface area contributed by atoms with Crippen LogP contribution in [-0.4, -0.2) is 64.5 Å². The van der Waals surface area contributed by atoms with Crippen LogP contribution in [-0.2, 0) is 14.3 Å². The van der Waals surface area contributed by atoms with Gasteiger partial charge in [0, 0.05) is 32.0 Å². The van der Waals surface area contributed by atoms with Gasteiger partial charge in [-0.25, -0.2) is 0 Å². The molecule has 0 saturated carbocycles. The number of fused-ring (bicyclic) bond motifs is 1. The van der Waals surface area contributed by atoms with Crippen molar-refractivity contribution < 1.29 is 14.3 Å². The van der Waals surface area contributed by atoms with Crippen LogP contribution in [0.25, 0.3) is 0 Å². The van der Waals surface area contributed by atoms with E-state index < -0.39 is 5.60 Å². The first-order valence-corrected chi connectivity index (χ1v) is 9.97. The largest absolute Gasteiger partial charge is 0.360 e. The van der Waals surface area contributed by atoms with Gasteiger partial charge in [-0.1, -0.05) is 12.2 Å². The van der Waals surface area contributed by atoms with Crippen molar-refractivity contribution >= 4 is 11.8 Å². The van der Waals surface area contributed by atoms with Crippen LogP contribution >= 0.6 is 0 Å². The number of aromatic nitrogens is 1. The van der Waals surface area contributed by atoms with Crippen LogP contribution in [0.3, 0.4) is 0 Å². The van der Waals surface area contributed by atoms with Gasteiger partial charge in [-0.05, 0) is 43.4 Å². The molecule has 1 aromatic rings. The first-order valence-electron chi connectivity index (χ1n) is 9.97. The number of amides is 2. The van der Waals surface area contributed by atoms with Crippen molar-refractivity contribution in [2.45, 2.75) is 37.4 Å². The van der Waals surface area contributed by atoms with Gasteiger partial charge < -0.3 is 14.5 Å². The van der Waals surface area contributed by atoms with E-state index in [2.05, 4.69) is 17.1 Å². The highest BCUT2D eigenvalue weighted by molar-refractivity contribution is 5.93. The molecule has 5 rings (SSSR count). The van der Waals surface area contributed by atoms with Crippen molar-refractivity contribution in [2.75, 3.05) is 26.2 Å². The van der Waals surface area contributed by atoms with E-state index in [-0.39, 0.29) is 29.8 Å². The Morgan fingerprint density at radius 1 is 1.30 bits per heavy atom. The minimum Gasteiger partial charge on any atom is -0.360 e. The minimum absolute atomic E-state index is 0.0781. The van der Waals surface area contributed by atoms with Gasteiger partial charge in [0.15, 0.2) is 0 Å². The predicted molar refractivity (Wildman–Crippen MR) is 98.8 cm³/mol. The predicted octanol–water partition coefficient (Wildman–Crippen LogP) is 1.59. The summed E-state index contributed by atoms with van der Waals surface area (Å²) >= 11 is 0. The Balaban J connectivity index is 1.31. The zero-order valence-electron chi connectivity index (χ0n) is 15.6. The summed E-state index contributed by atoms with van der Waals surface area (Å²) in [6, 6.07) is 4.13. The van der Waals surface area contributed by atoms with Gasteiger partial charge in [-0.15, -0.1) is 0 Å². The molecule has 6 nitrogen and oxygen atoms in total. The van der Waals surface area contributed by atoms with E-state index in [4.69, 9.17) is 4.74 Å². The van der Waals surface area contributed by atoms with Crippen molar-refractivity contribution in [3.05, 3.63) is 42.2 Å². The number of rotatable bonds is 3. The normalized spacial score (nSPS) is 35.1. The molecule has 27 heavy (non-hydrogen) atoms. The Kier molecular flexibility index (Phi) is 3.86. The van der Waals surface area contributed by atoms with Gasteiger partial charge in [0.2, 0.25) is 11.8 Å². The zero-order chi connectivity index (χ0) is 18.6. The van der Waals surface area contributed by atoms with Crippen molar-refractivity contribution in [1.29, 1.82) is 0 Å². The maximum atomic E-state index is 13.3. The highest BCUT2D eigenvalue weighted by Gasteiger charge is 2.67. The Morgan fingerprint density at radius 2 is 2.04 bits per heavy atom. The molecule has 1 spiro atoms. The van der Waals surface area contributed by atoms with Crippen LogP contribution in [0.4, 0.5) is 0 Å². The van der Waals surface area contributed by atoms with Gasteiger partial charge in [0.1, 0.15) is 5.60 Å². The molecule has 5 heterocycles. The van der Waals surface area contributed by atoms with E-state index in [1.165, 1.54) is 5.56 Å². The first-order chi connectivity index (χ1) is 13.1. The van der Waals surface area contributed by atoms with E-state index in [1.54, 1.807) is 0 Å².